The summed E-state index contributed by atoms with van der Waals surface area (Å²) in [5.41, 5.74) is 4.83. The Morgan fingerprint density at radius 3 is 2.55 bits per heavy atom. The van der Waals surface area contributed by atoms with Gasteiger partial charge in [0.05, 0.1) is 12.7 Å². The van der Waals surface area contributed by atoms with Gasteiger partial charge in [0.1, 0.15) is 35.9 Å². The van der Waals surface area contributed by atoms with E-state index < -0.39 is 12.1 Å². The molecule has 0 saturated heterocycles. The standard InChI is InChI=1S/C25H36O6/c1-8-29-22(28)12-19(27)11-18(26)9-10-20-16(4)23(30-14-15(2)3)17(5)21-13-25(6,7)31-24(20)21/h18,26H,2,8-14H2,1,3-7H3. The number of ketones is 1. The summed E-state index contributed by atoms with van der Waals surface area (Å²) in [4.78, 5) is 23.5. The number of aliphatic hydroxyl groups is 1. The van der Waals surface area contributed by atoms with Crippen molar-refractivity contribution in [2.45, 2.75) is 85.4 Å². The fourth-order valence-corrected chi connectivity index (χ4v) is 3.99. The SMILES string of the molecule is C=C(C)COc1c(C)c(CCC(O)CC(=O)CC(=O)OCC)c2c(c1C)CC(C)(C)O2. The number of benzene rings is 1. The Hall–Kier alpha value is -2.34. The Bertz CT molecular complexity index is 852. The van der Waals surface area contributed by atoms with E-state index in [1.807, 2.05) is 13.8 Å². The largest absolute Gasteiger partial charge is 0.489 e. The monoisotopic (exact) mass is 432 g/mol. The Labute approximate surface area is 185 Å². The van der Waals surface area contributed by atoms with Crippen LogP contribution < -0.4 is 9.47 Å². The number of hydrogen-bond donors (Lipinski definition) is 1. The quantitative estimate of drug-likeness (QED) is 0.321. The van der Waals surface area contributed by atoms with Gasteiger partial charge in [-0.1, -0.05) is 6.58 Å². The lowest BCUT2D eigenvalue weighted by atomic mass is 9.90. The predicted molar refractivity (Wildman–Crippen MR) is 120 cm³/mol. The van der Waals surface area contributed by atoms with Crippen molar-refractivity contribution in [1.82, 2.24) is 0 Å². The third-order valence-electron chi connectivity index (χ3n) is 5.42. The number of Topliss-reactive ketones (excluding diaryl/α,β-unsaturated/α-hetero) is 1. The van der Waals surface area contributed by atoms with Crippen molar-refractivity contribution in [1.29, 1.82) is 0 Å². The van der Waals surface area contributed by atoms with Crippen molar-refractivity contribution in [2.75, 3.05) is 13.2 Å². The van der Waals surface area contributed by atoms with E-state index in [0.29, 0.717) is 19.4 Å². The molecule has 1 N–H and O–H groups in total. The maximum atomic E-state index is 12.0. The average Bonchev–Trinajstić information content (AvgIpc) is 2.96. The summed E-state index contributed by atoms with van der Waals surface area (Å²) in [5.74, 6) is 0.833. The average molecular weight is 433 g/mol. The lowest BCUT2D eigenvalue weighted by Crippen LogP contribution is -2.25. The van der Waals surface area contributed by atoms with Crippen LogP contribution in [-0.2, 0) is 27.2 Å². The number of fused-ring (bicyclic) bond motifs is 1. The minimum Gasteiger partial charge on any atom is -0.489 e. The first-order valence-corrected chi connectivity index (χ1v) is 10.9. The molecule has 0 aromatic heterocycles. The zero-order valence-electron chi connectivity index (χ0n) is 19.7. The first-order chi connectivity index (χ1) is 14.4. The molecule has 0 amide bonds. The first-order valence-electron chi connectivity index (χ1n) is 10.9. The van der Waals surface area contributed by atoms with E-state index in [1.165, 1.54) is 0 Å². The smallest absolute Gasteiger partial charge is 0.313 e. The van der Waals surface area contributed by atoms with E-state index in [1.54, 1.807) is 6.92 Å². The van der Waals surface area contributed by atoms with Crippen LogP contribution >= 0.6 is 0 Å². The van der Waals surface area contributed by atoms with Gasteiger partial charge in [0, 0.05) is 24.0 Å². The minimum absolute atomic E-state index is 0.0721. The molecule has 6 heteroatoms. The number of carbonyl (C=O) groups is 2. The third-order valence-corrected chi connectivity index (χ3v) is 5.42. The number of aliphatic hydroxyl groups excluding tert-OH is 1. The van der Waals surface area contributed by atoms with Gasteiger partial charge in [-0.05, 0) is 71.1 Å². The van der Waals surface area contributed by atoms with E-state index in [-0.39, 0.29) is 30.8 Å². The highest BCUT2D eigenvalue weighted by molar-refractivity contribution is 5.95. The molecule has 1 heterocycles. The summed E-state index contributed by atoms with van der Waals surface area (Å²) >= 11 is 0. The summed E-state index contributed by atoms with van der Waals surface area (Å²) in [5, 5.41) is 10.4. The number of ether oxygens (including phenoxy) is 3. The van der Waals surface area contributed by atoms with E-state index in [9.17, 15) is 14.7 Å². The molecule has 0 aliphatic carbocycles. The molecule has 1 aromatic carbocycles. The van der Waals surface area contributed by atoms with Crippen LogP contribution in [0, 0.1) is 13.8 Å². The number of esters is 1. The molecule has 172 valence electrons. The van der Waals surface area contributed by atoms with Crippen LogP contribution in [0.4, 0.5) is 0 Å². The van der Waals surface area contributed by atoms with Crippen LogP contribution in [-0.4, -0.2) is 41.8 Å². The normalized spacial score (nSPS) is 15.1. The first kappa shape index (κ1) is 24.9. The van der Waals surface area contributed by atoms with Gasteiger partial charge < -0.3 is 19.3 Å². The van der Waals surface area contributed by atoms with Crippen molar-refractivity contribution in [3.8, 4) is 11.5 Å². The molecule has 0 bridgehead atoms. The van der Waals surface area contributed by atoms with Gasteiger partial charge in [-0.2, -0.15) is 0 Å². The van der Waals surface area contributed by atoms with Gasteiger partial charge in [-0.15, -0.1) is 0 Å². The van der Waals surface area contributed by atoms with E-state index >= 15 is 0 Å². The molecular weight excluding hydrogens is 396 g/mol. The maximum Gasteiger partial charge on any atom is 0.313 e. The zero-order chi connectivity index (χ0) is 23.3. The topological polar surface area (TPSA) is 82.1 Å². The number of carbonyl (C=O) groups excluding carboxylic acids is 2. The summed E-state index contributed by atoms with van der Waals surface area (Å²) in [6.07, 6.45) is 0.492. The van der Waals surface area contributed by atoms with Crippen LogP contribution in [0.25, 0.3) is 0 Å². The van der Waals surface area contributed by atoms with E-state index in [2.05, 4.69) is 27.4 Å². The Kier molecular flexibility index (Phi) is 8.29. The van der Waals surface area contributed by atoms with Crippen molar-refractivity contribution >= 4 is 11.8 Å². The molecule has 1 aliphatic heterocycles. The highest BCUT2D eigenvalue weighted by atomic mass is 16.5. The molecule has 2 rings (SSSR count). The molecular formula is C25H36O6. The fraction of sp³-hybridized carbons (Fsp3) is 0.600. The molecule has 0 radical (unpaired) electrons. The Balaban J connectivity index is 2.19. The zero-order valence-corrected chi connectivity index (χ0v) is 19.7. The van der Waals surface area contributed by atoms with E-state index in [0.717, 1.165) is 45.7 Å². The third kappa shape index (κ3) is 6.57. The van der Waals surface area contributed by atoms with Crippen LogP contribution in [0.15, 0.2) is 12.2 Å². The second-order valence-corrected chi connectivity index (χ2v) is 9.07. The second kappa shape index (κ2) is 10.3. The van der Waals surface area contributed by atoms with Gasteiger partial charge in [0.15, 0.2) is 0 Å². The fourth-order valence-electron chi connectivity index (χ4n) is 3.99. The molecule has 1 unspecified atom stereocenters. The van der Waals surface area contributed by atoms with Crippen LogP contribution in [0.3, 0.4) is 0 Å². The van der Waals surface area contributed by atoms with Gasteiger partial charge >= 0.3 is 5.97 Å². The highest BCUT2D eigenvalue weighted by Crippen LogP contribution is 2.46. The lowest BCUT2D eigenvalue weighted by molar-refractivity contribution is -0.145. The molecule has 1 aliphatic rings. The van der Waals surface area contributed by atoms with Gasteiger partial charge in [-0.25, -0.2) is 0 Å². The van der Waals surface area contributed by atoms with Gasteiger partial charge in [0.25, 0.3) is 0 Å². The lowest BCUT2D eigenvalue weighted by Gasteiger charge is -2.21. The predicted octanol–water partition coefficient (Wildman–Crippen LogP) is 4.18. The molecule has 0 fully saturated rings. The van der Waals surface area contributed by atoms with Crippen molar-refractivity contribution in [3.05, 3.63) is 34.4 Å². The van der Waals surface area contributed by atoms with Crippen molar-refractivity contribution in [2.24, 2.45) is 0 Å². The van der Waals surface area contributed by atoms with Gasteiger partial charge in [0.2, 0.25) is 0 Å². The molecule has 1 aromatic rings. The van der Waals surface area contributed by atoms with Crippen molar-refractivity contribution < 1.29 is 28.9 Å². The van der Waals surface area contributed by atoms with Gasteiger partial charge in [-0.3, -0.25) is 9.59 Å². The summed E-state index contributed by atoms with van der Waals surface area (Å²) in [6, 6.07) is 0. The number of hydrogen-bond acceptors (Lipinski definition) is 6. The van der Waals surface area contributed by atoms with Crippen LogP contribution in [0.2, 0.25) is 0 Å². The molecule has 6 nitrogen and oxygen atoms in total. The summed E-state index contributed by atoms with van der Waals surface area (Å²) < 4.78 is 17.2. The van der Waals surface area contributed by atoms with Crippen LogP contribution in [0.1, 0.15) is 69.2 Å². The summed E-state index contributed by atoms with van der Waals surface area (Å²) in [6.45, 7) is 16.4. The number of rotatable bonds is 11. The van der Waals surface area contributed by atoms with Crippen molar-refractivity contribution in [3.63, 3.8) is 0 Å². The second-order valence-electron chi connectivity index (χ2n) is 9.07. The maximum absolute atomic E-state index is 12.0. The molecule has 31 heavy (non-hydrogen) atoms. The summed E-state index contributed by atoms with van der Waals surface area (Å²) in [7, 11) is 0. The highest BCUT2D eigenvalue weighted by Gasteiger charge is 2.35. The van der Waals surface area contributed by atoms with E-state index in [4.69, 9.17) is 14.2 Å². The minimum atomic E-state index is -0.840. The van der Waals surface area contributed by atoms with Crippen LogP contribution in [0.5, 0.6) is 11.5 Å². The molecule has 1 atom stereocenters. The molecule has 0 saturated carbocycles. The molecule has 0 spiro atoms. The Morgan fingerprint density at radius 2 is 1.94 bits per heavy atom. The Morgan fingerprint density at radius 1 is 1.26 bits per heavy atom.